The molecule has 0 bridgehead atoms. The maximum Gasteiger partial charge on any atom is 0.254 e. The van der Waals surface area contributed by atoms with Gasteiger partial charge in [-0.3, -0.25) is 4.79 Å². The third-order valence-corrected chi connectivity index (χ3v) is 6.07. The molecule has 122 valence electrons. The highest BCUT2D eigenvalue weighted by atomic mass is 32.2. The minimum Gasteiger partial charge on any atom is -0.336 e. The van der Waals surface area contributed by atoms with E-state index in [9.17, 15) is 13.2 Å². The van der Waals surface area contributed by atoms with Crippen LogP contribution in [-0.4, -0.2) is 50.2 Å². The van der Waals surface area contributed by atoms with E-state index in [2.05, 4.69) is 6.92 Å². The van der Waals surface area contributed by atoms with E-state index in [-0.39, 0.29) is 10.8 Å². The van der Waals surface area contributed by atoms with Gasteiger partial charge in [-0.2, -0.15) is 0 Å². The van der Waals surface area contributed by atoms with Crippen molar-refractivity contribution in [1.82, 2.24) is 9.21 Å². The number of sulfonamides is 1. The zero-order valence-electron chi connectivity index (χ0n) is 13.4. The second-order valence-corrected chi connectivity index (χ2v) is 8.02. The predicted molar refractivity (Wildman–Crippen MR) is 86.3 cm³/mol. The van der Waals surface area contributed by atoms with Crippen LogP contribution in [0.5, 0.6) is 0 Å². The van der Waals surface area contributed by atoms with Gasteiger partial charge in [0.15, 0.2) is 0 Å². The maximum atomic E-state index is 12.6. The lowest BCUT2D eigenvalue weighted by Gasteiger charge is -2.35. The van der Waals surface area contributed by atoms with Gasteiger partial charge >= 0.3 is 0 Å². The molecule has 0 radical (unpaired) electrons. The van der Waals surface area contributed by atoms with Crippen LogP contribution >= 0.6 is 0 Å². The normalized spacial score (nSPS) is 19.5. The summed E-state index contributed by atoms with van der Waals surface area (Å²) in [6, 6.07) is 6.53. The molecule has 0 saturated carbocycles. The van der Waals surface area contributed by atoms with Crippen molar-refractivity contribution < 1.29 is 13.2 Å². The monoisotopic (exact) mass is 324 g/mol. The van der Waals surface area contributed by atoms with Crippen LogP contribution in [0.2, 0.25) is 0 Å². The molecule has 1 heterocycles. The summed E-state index contributed by atoms with van der Waals surface area (Å²) in [7, 11) is -0.463. The van der Waals surface area contributed by atoms with E-state index in [1.54, 1.807) is 12.1 Å². The van der Waals surface area contributed by atoms with Crippen molar-refractivity contribution >= 4 is 15.9 Å². The number of carbonyl (C=O) groups is 1. The van der Waals surface area contributed by atoms with Crippen LogP contribution in [0, 0.1) is 0 Å². The molecule has 1 saturated heterocycles. The van der Waals surface area contributed by atoms with Crippen LogP contribution in [-0.2, 0) is 10.0 Å². The fraction of sp³-hybridized carbons (Fsp3) is 0.562. The van der Waals surface area contributed by atoms with E-state index in [0.717, 1.165) is 25.8 Å². The Morgan fingerprint density at radius 2 is 1.86 bits per heavy atom. The summed E-state index contributed by atoms with van der Waals surface area (Å²) in [5.74, 6) is 0.000325. The molecule has 22 heavy (non-hydrogen) atoms. The topological polar surface area (TPSA) is 57.7 Å². The molecule has 1 aromatic rings. The number of hydrogen-bond acceptors (Lipinski definition) is 3. The van der Waals surface area contributed by atoms with Gasteiger partial charge in [-0.1, -0.05) is 6.92 Å². The summed E-state index contributed by atoms with van der Waals surface area (Å²) < 4.78 is 25.3. The Morgan fingerprint density at radius 3 is 2.41 bits per heavy atom. The lowest BCUT2D eigenvalue weighted by molar-refractivity contribution is 0.0608. The van der Waals surface area contributed by atoms with E-state index >= 15 is 0 Å². The van der Waals surface area contributed by atoms with Crippen molar-refractivity contribution in [2.24, 2.45) is 0 Å². The van der Waals surface area contributed by atoms with E-state index in [1.807, 2.05) is 4.90 Å². The molecular weight excluding hydrogens is 300 g/mol. The molecule has 0 aliphatic carbocycles. The maximum absolute atomic E-state index is 12.6. The van der Waals surface area contributed by atoms with Crippen LogP contribution in [0.25, 0.3) is 0 Å². The van der Waals surface area contributed by atoms with E-state index < -0.39 is 10.0 Å². The van der Waals surface area contributed by atoms with Gasteiger partial charge in [-0.05, 0) is 49.9 Å². The summed E-state index contributed by atoms with van der Waals surface area (Å²) >= 11 is 0. The summed E-state index contributed by atoms with van der Waals surface area (Å²) in [6.45, 7) is 2.89. The number of likely N-dealkylation sites (tertiary alicyclic amines) is 1. The minimum absolute atomic E-state index is 0.000325. The Bertz CT molecular complexity index is 623. The van der Waals surface area contributed by atoms with Gasteiger partial charge in [0.1, 0.15) is 0 Å². The third kappa shape index (κ3) is 3.33. The predicted octanol–water partition coefficient (Wildman–Crippen LogP) is 2.34. The Kier molecular flexibility index (Phi) is 5.24. The zero-order chi connectivity index (χ0) is 16.3. The number of amides is 1. The van der Waals surface area contributed by atoms with E-state index in [1.165, 1.54) is 37.0 Å². The van der Waals surface area contributed by atoms with Crippen LogP contribution in [0.1, 0.15) is 43.0 Å². The van der Waals surface area contributed by atoms with Crippen LogP contribution in [0.3, 0.4) is 0 Å². The average Bonchev–Trinajstić information content (AvgIpc) is 2.54. The molecule has 1 aliphatic rings. The molecule has 1 aromatic carbocycles. The number of carbonyl (C=O) groups excluding carboxylic acids is 1. The largest absolute Gasteiger partial charge is 0.336 e. The second kappa shape index (κ2) is 6.79. The lowest BCUT2D eigenvalue weighted by Crippen LogP contribution is -2.43. The molecule has 1 atom stereocenters. The van der Waals surface area contributed by atoms with E-state index in [4.69, 9.17) is 0 Å². The van der Waals surface area contributed by atoms with Gasteiger partial charge in [0, 0.05) is 32.2 Å². The van der Waals surface area contributed by atoms with Crippen molar-refractivity contribution in [1.29, 1.82) is 0 Å². The SMILES string of the molecule is CCC1CCCCN1C(=O)c1ccc(S(=O)(=O)N(C)C)cc1. The van der Waals surface area contributed by atoms with Gasteiger partial charge in [0.05, 0.1) is 4.90 Å². The smallest absolute Gasteiger partial charge is 0.254 e. The summed E-state index contributed by atoms with van der Waals surface area (Å²) in [6.07, 6.45) is 4.21. The molecule has 0 N–H and O–H groups in total. The fourth-order valence-electron chi connectivity index (χ4n) is 2.84. The highest BCUT2D eigenvalue weighted by Crippen LogP contribution is 2.22. The van der Waals surface area contributed by atoms with Gasteiger partial charge in [0.2, 0.25) is 10.0 Å². The van der Waals surface area contributed by atoms with Crippen LogP contribution in [0.15, 0.2) is 29.2 Å². The molecule has 1 unspecified atom stereocenters. The quantitative estimate of drug-likeness (QED) is 0.854. The Hall–Kier alpha value is -1.40. The van der Waals surface area contributed by atoms with Crippen LogP contribution in [0.4, 0.5) is 0 Å². The molecule has 0 spiro atoms. The third-order valence-electron chi connectivity index (χ3n) is 4.24. The van der Waals surface area contributed by atoms with Crippen molar-refractivity contribution in [2.75, 3.05) is 20.6 Å². The highest BCUT2D eigenvalue weighted by Gasteiger charge is 2.26. The molecule has 2 rings (SSSR count). The first-order chi connectivity index (χ1) is 10.4. The summed E-state index contributed by atoms with van der Waals surface area (Å²) in [5, 5.41) is 0. The first kappa shape index (κ1) is 17.0. The average molecular weight is 324 g/mol. The zero-order valence-corrected chi connectivity index (χ0v) is 14.3. The highest BCUT2D eigenvalue weighted by molar-refractivity contribution is 7.89. The minimum atomic E-state index is -3.45. The van der Waals surface area contributed by atoms with Crippen LogP contribution < -0.4 is 0 Å². The molecule has 1 fully saturated rings. The number of rotatable bonds is 4. The summed E-state index contributed by atoms with van der Waals surface area (Å²) in [5.41, 5.74) is 0.554. The number of piperidine rings is 1. The van der Waals surface area contributed by atoms with E-state index in [0.29, 0.717) is 11.6 Å². The molecular formula is C16H24N2O3S. The first-order valence-corrected chi connectivity index (χ1v) is 9.15. The van der Waals surface area contributed by atoms with Crippen molar-refractivity contribution in [3.8, 4) is 0 Å². The molecule has 1 aliphatic heterocycles. The Morgan fingerprint density at radius 1 is 1.23 bits per heavy atom. The van der Waals surface area contributed by atoms with Gasteiger partial charge in [-0.15, -0.1) is 0 Å². The van der Waals surface area contributed by atoms with Crippen molar-refractivity contribution in [3.63, 3.8) is 0 Å². The molecule has 1 amide bonds. The second-order valence-electron chi connectivity index (χ2n) is 5.87. The standard InChI is InChI=1S/C16H24N2O3S/c1-4-14-7-5-6-12-18(14)16(19)13-8-10-15(11-9-13)22(20,21)17(2)3/h8-11,14H,4-7,12H2,1-3H3. The molecule has 0 aromatic heterocycles. The molecule has 5 nitrogen and oxygen atoms in total. The number of nitrogens with zero attached hydrogens (tertiary/aromatic N) is 2. The fourth-order valence-corrected chi connectivity index (χ4v) is 3.74. The number of benzene rings is 1. The van der Waals surface area contributed by atoms with Gasteiger partial charge < -0.3 is 4.90 Å². The Balaban J connectivity index is 2.21. The van der Waals surface area contributed by atoms with Gasteiger partial charge in [0.25, 0.3) is 5.91 Å². The van der Waals surface area contributed by atoms with Gasteiger partial charge in [-0.25, -0.2) is 12.7 Å². The first-order valence-electron chi connectivity index (χ1n) is 7.71. The Labute approximate surface area is 133 Å². The summed E-state index contributed by atoms with van der Waals surface area (Å²) in [4.78, 5) is 14.8. The van der Waals surface area contributed by atoms with Crippen molar-refractivity contribution in [2.45, 2.75) is 43.5 Å². The lowest BCUT2D eigenvalue weighted by atomic mass is 9.99. The van der Waals surface area contributed by atoms with Crippen molar-refractivity contribution in [3.05, 3.63) is 29.8 Å². The number of hydrogen-bond donors (Lipinski definition) is 0. The molecule has 6 heteroatoms.